The summed E-state index contributed by atoms with van der Waals surface area (Å²) in [6.07, 6.45) is 45.9. The van der Waals surface area contributed by atoms with Crippen LogP contribution in [0.3, 0.4) is 0 Å². The first kappa shape index (κ1) is 90.1. The van der Waals surface area contributed by atoms with Crippen LogP contribution in [0, 0.1) is 23.7 Å². The smallest absolute Gasteiger partial charge is 0.462 e. The van der Waals surface area contributed by atoms with Crippen LogP contribution < -0.4 is 0 Å². The van der Waals surface area contributed by atoms with Crippen LogP contribution in [0.2, 0.25) is 0 Å². The molecule has 0 radical (unpaired) electrons. The van der Waals surface area contributed by atoms with E-state index in [1.807, 2.05) is 0 Å². The van der Waals surface area contributed by atoms with E-state index in [9.17, 15) is 43.2 Å². The van der Waals surface area contributed by atoms with Crippen LogP contribution in [0.15, 0.2) is 0 Å². The predicted molar refractivity (Wildman–Crippen MR) is 372 cm³/mol. The highest BCUT2D eigenvalue weighted by Gasteiger charge is 2.30. The summed E-state index contributed by atoms with van der Waals surface area (Å²) in [7, 11) is -9.91. The lowest BCUT2D eigenvalue weighted by molar-refractivity contribution is -0.161. The van der Waals surface area contributed by atoms with Crippen molar-refractivity contribution in [1.82, 2.24) is 0 Å². The van der Waals surface area contributed by atoms with Gasteiger partial charge in [0.2, 0.25) is 0 Å². The average molecular weight is 1350 g/mol. The first-order valence-corrected chi connectivity index (χ1v) is 40.8. The lowest BCUT2D eigenvalue weighted by Gasteiger charge is -2.21. The molecule has 0 amide bonds. The number of ether oxygens (including phenoxy) is 4. The van der Waals surface area contributed by atoms with Crippen LogP contribution in [0.1, 0.15) is 364 Å². The number of phosphoric acid groups is 2. The third kappa shape index (κ3) is 64.1. The molecule has 0 saturated carbocycles. The molecule has 0 aliphatic rings. The van der Waals surface area contributed by atoms with E-state index < -0.39 is 97.5 Å². The predicted octanol–water partition coefficient (Wildman–Crippen LogP) is 20.9. The number of phosphoric ester groups is 2. The Labute approximate surface area is 562 Å². The summed E-state index contributed by atoms with van der Waals surface area (Å²) in [6, 6.07) is 0. The van der Waals surface area contributed by atoms with E-state index in [-0.39, 0.29) is 25.7 Å². The Kier molecular flexibility index (Phi) is 61.3. The minimum Gasteiger partial charge on any atom is -0.462 e. The van der Waals surface area contributed by atoms with E-state index in [0.29, 0.717) is 31.6 Å². The van der Waals surface area contributed by atoms with Gasteiger partial charge in [0.05, 0.1) is 26.4 Å². The van der Waals surface area contributed by atoms with Crippen molar-refractivity contribution in [2.75, 3.05) is 39.6 Å². The normalized spacial score (nSPS) is 14.8. The lowest BCUT2D eigenvalue weighted by atomic mass is 9.99. The zero-order valence-electron chi connectivity index (χ0n) is 60.2. The first-order chi connectivity index (χ1) is 44.2. The Hall–Kier alpha value is -1.94. The van der Waals surface area contributed by atoms with Gasteiger partial charge in [0.1, 0.15) is 19.3 Å². The van der Waals surface area contributed by atoms with Crippen molar-refractivity contribution < 1.29 is 80.2 Å². The second-order valence-corrected chi connectivity index (χ2v) is 30.7. The molecule has 3 N–H and O–H groups in total. The molecule has 0 aliphatic heterocycles. The number of hydrogen-bond donors (Lipinski definition) is 3. The summed E-state index contributed by atoms with van der Waals surface area (Å²) in [4.78, 5) is 72.6. The number of unbranched alkanes of at least 4 members (excludes halogenated alkanes) is 34. The zero-order valence-corrected chi connectivity index (χ0v) is 62.0. The van der Waals surface area contributed by atoms with Gasteiger partial charge in [-0.25, -0.2) is 9.13 Å². The van der Waals surface area contributed by atoms with Gasteiger partial charge in [-0.3, -0.25) is 37.3 Å². The van der Waals surface area contributed by atoms with Crippen LogP contribution in [0.5, 0.6) is 0 Å². The fourth-order valence-electron chi connectivity index (χ4n) is 11.0. The van der Waals surface area contributed by atoms with Gasteiger partial charge in [0.15, 0.2) is 12.2 Å². The molecule has 0 aliphatic carbocycles. The topological polar surface area (TPSA) is 237 Å². The Morgan fingerprint density at radius 2 is 0.522 bits per heavy atom. The Morgan fingerprint density at radius 3 is 0.772 bits per heavy atom. The van der Waals surface area contributed by atoms with Gasteiger partial charge in [0.25, 0.3) is 0 Å². The molecule has 0 aromatic carbocycles. The Bertz CT molecular complexity index is 1820. The summed E-state index contributed by atoms with van der Waals surface area (Å²) >= 11 is 0. The van der Waals surface area contributed by atoms with Crippen molar-refractivity contribution >= 4 is 39.5 Å². The van der Waals surface area contributed by atoms with Crippen LogP contribution in [-0.2, 0) is 65.4 Å². The van der Waals surface area contributed by atoms with Gasteiger partial charge in [0, 0.05) is 25.7 Å². The molecule has 546 valence electrons. The number of rotatable bonds is 70. The molecule has 0 fully saturated rings. The molecule has 92 heavy (non-hydrogen) atoms. The molecule has 0 spiro atoms. The number of carbonyl (C=O) groups is 4. The molecule has 0 aromatic rings. The first-order valence-electron chi connectivity index (χ1n) is 37.8. The summed E-state index contributed by atoms with van der Waals surface area (Å²) in [5.74, 6) is 0.909. The SMILES string of the molecule is CCC(C)CCCCCCCCCCCCC(=O)OC[C@H](COP(=O)(O)OCC(O)COP(=O)(O)OC[C@@H](COC(=O)CCCCCCCCCC(C)C)OC(=O)CCCCCCCCC(C)CC)OC(=O)CCCCCCCCCCCCCCCCCC(C)C. The van der Waals surface area contributed by atoms with E-state index in [1.165, 1.54) is 161 Å². The highest BCUT2D eigenvalue weighted by atomic mass is 31.2. The molecule has 19 heteroatoms. The molecule has 0 rings (SSSR count). The van der Waals surface area contributed by atoms with Crippen LogP contribution in [0.25, 0.3) is 0 Å². The minimum absolute atomic E-state index is 0.102. The molecule has 17 nitrogen and oxygen atoms in total. The quantitative estimate of drug-likeness (QED) is 0.0222. The molecular formula is C73H142O17P2. The van der Waals surface area contributed by atoms with Gasteiger partial charge in [-0.2, -0.15) is 0 Å². The van der Waals surface area contributed by atoms with Gasteiger partial charge in [-0.05, 0) is 49.4 Å². The molecule has 0 bridgehead atoms. The Balaban J connectivity index is 5.24. The number of hydrogen-bond acceptors (Lipinski definition) is 15. The largest absolute Gasteiger partial charge is 0.472 e. The second kappa shape index (κ2) is 62.6. The standard InChI is InChI=1S/C73H142O17P2/c1-9-65(7)51-43-35-27-21-18-19-22-28-37-45-53-70(75)83-59-68(89-72(77)55-47-39-29-23-17-15-13-11-12-14-16-20-25-33-41-49-63(3)4)61-87-91(79,80)85-57-67(74)58-86-92(81,82)88-62-69(90-73(78)56-48-40-32-31-36-44-52-66(8)10-2)60-84-71(76)54-46-38-30-24-26-34-42-50-64(5)6/h63-69,74H,9-62H2,1-8H3,(H,79,80)(H,81,82)/t65?,66?,67?,68-,69-/m1/s1. The van der Waals surface area contributed by atoms with Gasteiger partial charge < -0.3 is 33.8 Å². The van der Waals surface area contributed by atoms with Crippen molar-refractivity contribution in [3.63, 3.8) is 0 Å². The van der Waals surface area contributed by atoms with E-state index in [0.717, 1.165) is 114 Å². The monoisotopic (exact) mass is 1350 g/mol. The van der Waals surface area contributed by atoms with Crippen LogP contribution in [0.4, 0.5) is 0 Å². The fraction of sp³-hybridized carbons (Fsp3) is 0.945. The van der Waals surface area contributed by atoms with E-state index in [1.54, 1.807) is 0 Å². The van der Waals surface area contributed by atoms with Crippen molar-refractivity contribution in [3.8, 4) is 0 Å². The van der Waals surface area contributed by atoms with Crippen LogP contribution in [-0.4, -0.2) is 96.7 Å². The second-order valence-electron chi connectivity index (χ2n) is 27.8. The molecule has 0 aromatic heterocycles. The third-order valence-electron chi connectivity index (χ3n) is 17.5. The maximum Gasteiger partial charge on any atom is 0.472 e. The maximum absolute atomic E-state index is 13.1. The number of aliphatic hydroxyl groups is 1. The van der Waals surface area contributed by atoms with E-state index >= 15 is 0 Å². The highest BCUT2D eigenvalue weighted by Crippen LogP contribution is 2.45. The summed E-state index contributed by atoms with van der Waals surface area (Å²) in [6.45, 7) is 14.1. The van der Waals surface area contributed by atoms with Crippen molar-refractivity contribution in [2.45, 2.75) is 382 Å². The molecule has 0 saturated heterocycles. The van der Waals surface area contributed by atoms with E-state index in [4.69, 9.17) is 37.0 Å². The van der Waals surface area contributed by atoms with Gasteiger partial charge in [-0.1, -0.05) is 312 Å². The zero-order chi connectivity index (χ0) is 68.2. The van der Waals surface area contributed by atoms with Gasteiger partial charge in [-0.15, -0.1) is 0 Å². The van der Waals surface area contributed by atoms with Crippen molar-refractivity contribution in [1.29, 1.82) is 0 Å². The number of esters is 4. The molecular weight excluding hydrogens is 1210 g/mol. The molecule has 5 unspecified atom stereocenters. The summed E-state index contributed by atoms with van der Waals surface area (Å²) in [5, 5.41) is 10.6. The van der Waals surface area contributed by atoms with Crippen LogP contribution >= 0.6 is 15.6 Å². The third-order valence-corrected chi connectivity index (χ3v) is 19.4. The maximum atomic E-state index is 13.1. The lowest BCUT2D eigenvalue weighted by Crippen LogP contribution is -2.30. The number of carbonyl (C=O) groups excluding carboxylic acids is 4. The highest BCUT2D eigenvalue weighted by molar-refractivity contribution is 7.47. The summed E-state index contributed by atoms with van der Waals surface area (Å²) in [5.41, 5.74) is 0. The fourth-order valence-corrected chi connectivity index (χ4v) is 12.5. The summed E-state index contributed by atoms with van der Waals surface area (Å²) < 4.78 is 68.4. The molecule has 7 atom stereocenters. The van der Waals surface area contributed by atoms with Crippen molar-refractivity contribution in [2.24, 2.45) is 23.7 Å². The van der Waals surface area contributed by atoms with E-state index in [2.05, 4.69) is 55.4 Å². The minimum atomic E-state index is -4.96. The average Bonchev–Trinajstić information content (AvgIpc) is 3.30. The Morgan fingerprint density at radius 1 is 0.304 bits per heavy atom. The molecule has 0 heterocycles. The van der Waals surface area contributed by atoms with Crippen molar-refractivity contribution in [3.05, 3.63) is 0 Å². The number of aliphatic hydroxyl groups excluding tert-OH is 1. The van der Waals surface area contributed by atoms with Gasteiger partial charge >= 0.3 is 39.5 Å².